The maximum absolute atomic E-state index is 5.82. The normalized spacial score (nSPS) is 18.7. The van der Waals surface area contributed by atoms with Gasteiger partial charge in [0.2, 0.25) is 0 Å². The minimum Gasteiger partial charge on any atom is -0.493 e. The molecule has 0 bridgehead atoms. The number of benzene rings is 2. The van der Waals surface area contributed by atoms with E-state index < -0.39 is 0 Å². The van der Waals surface area contributed by atoms with Gasteiger partial charge in [0.15, 0.2) is 0 Å². The molecule has 0 saturated heterocycles. The van der Waals surface area contributed by atoms with Crippen LogP contribution in [-0.2, 0) is 0 Å². The van der Waals surface area contributed by atoms with Crippen LogP contribution in [0.4, 0.5) is 0 Å². The number of ether oxygens (including phenoxy) is 1. The van der Waals surface area contributed by atoms with E-state index in [1.54, 1.807) is 0 Å². The van der Waals surface area contributed by atoms with Crippen LogP contribution in [-0.4, -0.2) is 13.2 Å². The minimum atomic E-state index is 0.348. The number of likely N-dealkylation sites (N-methyl/N-ethyl adjacent to an activating group) is 1. The topological polar surface area (TPSA) is 21.3 Å². The highest BCUT2D eigenvalue weighted by molar-refractivity contribution is 5.41. The Bertz CT molecular complexity index is 608. The van der Waals surface area contributed by atoms with Crippen LogP contribution >= 0.6 is 0 Å². The Morgan fingerprint density at radius 2 is 1.90 bits per heavy atom. The van der Waals surface area contributed by atoms with Crippen LogP contribution in [0, 0.1) is 6.92 Å². The molecular weight excluding hydrogens is 258 g/mol. The van der Waals surface area contributed by atoms with Crippen molar-refractivity contribution in [2.45, 2.75) is 32.2 Å². The van der Waals surface area contributed by atoms with Crippen LogP contribution in [0.2, 0.25) is 0 Å². The van der Waals surface area contributed by atoms with Crippen molar-refractivity contribution in [3.63, 3.8) is 0 Å². The van der Waals surface area contributed by atoms with E-state index in [0.29, 0.717) is 12.0 Å². The number of hydrogen-bond acceptors (Lipinski definition) is 2. The lowest BCUT2D eigenvalue weighted by molar-refractivity contribution is 0.246. The average Bonchev–Trinajstić information content (AvgIpc) is 2.53. The summed E-state index contributed by atoms with van der Waals surface area (Å²) in [7, 11) is 0. The van der Waals surface area contributed by atoms with Crippen molar-refractivity contribution < 1.29 is 4.74 Å². The summed E-state index contributed by atoms with van der Waals surface area (Å²) in [6.07, 6.45) is 1.06. The second-order valence-electron chi connectivity index (χ2n) is 5.67. The number of fused-ring (bicyclic) bond motifs is 1. The molecule has 21 heavy (non-hydrogen) atoms. The van der Waals surface area contributed by atoms with Crippen molar-refractivity contribution in [3.05, 3.63) is 65.2 Å². The average molecular weight is 281 g/mol. The Balaban J connectivity index is 2.01. The molecule has 2 unspecified atom stereocenters. The van der Waals surface area contributed by atoms with Crippen molar-refractivity contribution >= 4 is 0 Å². The van der Waals surface area contributed by atoms with Gasteiger partial charge in [-0.25, -0.2) is 0 Å². The van der Waals surface area contributed by atoms with E-state index in [1.165, 1.54) is 16.7 Å². The van der Waals surface area contributed by atoms with Crippen LogP contribution in [0.25, 0.3) is 0 Å². The van der Waals surface area contributed by atoms with Crippen molar-refractivity contribution in [3.8, 4) is 5.75 Å². The molecule has 110 valence electrons. The molecule has 2 nitrogen and oxygen atoms in total. The molecule has 2 atom stereocenters. The van der Waals surface area contributed by atoms with E-state index in [0.717, 1.165) is 25.3 Å². The third-order valence-electron chi connectivity index (χ3n) is 4.35. The van der Waals surface area contributed by atoms with Gasteiger partial charge < -0.3 is 10.1 Å². The number of para-hydroxylation sites is 1. The zero-order chi connectivity index (χ0) is 14.7. The van der Waals surface area contributed by atoms with Crippen molar-refractivity contribution in [1.29, 1.82) is 0 Å². The van der Waals surface area contributed by atoms with Crippen molar-refractivity contribution in [2.24, 2.45) is 0 Å². The maximum atomic E-state index is 5.82. The summed E-state index contributed by atoms with van der Waals surface area (Å²) in [6.45, 7) is 6.15. The number of aryl methyl sites for hydroxylation is 1. The quantitative estimate of drug-likeness (QED) is 0.906. The number of hydrogen-bond donors (Lipinski definition) is 1. The molecule has 0 aromatic heterocycles. The fourth-order valence-electron chi connectivity index (χ4n) is 3.34. The molecule has 0 saturated carbocycles. The van der Waals surface area contributed by atoms with Gasteiger partial charge in [-0.1, -0.05) is 49.4 Å². The molecule has 0 aliphatic carbocycles. The van der Waals surface area contributed by atoms with Gasteiger partial charge in [-0.15, -0.1) is 0 Å². The van der Waals surface area contributed by atoms with Gasteiger partial charge in [-0.3, -0.25) is 0 Å². The zero-order valence-corrected chi connectivity index (χ0v) is 12.8. The predicted octanol–water partition coefficient (Wildman–Crippen LogP) is 4.21. The molecule has 0 radical (unpaired) electrons. The molecular formula is C19H23NO. The third-order valence-corrected chi connectivity index (χ3v) is 4.35. The highest BCUT2D eigenvalue weighted by Gasteiger charge is 2.29. The molecule has 3 rings (SSSR count). The first-order valence-corrected chi connectivity index (χ1v) is 7.82. The highest BCUT2D eigenvalue weighted by atomic mass is 16.5. The first-order chi connectivity index (χ1) is 10.3. The van der Waals surface area contributed by atoms with Gasteiger partial charge in [0.25, 0.3) is 0 Å². The number of rotatable bonds is 4. The smallest absolute Gasteiger partial charge is 0.122 e. The summed E-state index contributed by atoms with van der Waals surface area (Å²) >= 11 is 0. The molecule has 1 aliphatic rings. The molecule has 1 heterocycles. The lowest BCUT2D eigenvalue weighted by atomic mass is 9.82. The highest BCUT2D eigenvalue weighted by Crippen LogP contribution is 2.41. The summed E-state index contributed by atoms with van der Waals surface area (Å²) in [6, 6.07) is 17.5. The molecule has 1 N–H and O–H groups in total. The van der Waals surface area contributed by atoms with Crippen LogP contribution < -0.4 is 10.1 Å². The third kappa shape index (κ3) is 2.81. The molecule has 1 aliphatic heterocycles. The van der Waals surface area contributed by atoms with Gasteiger partial charge in [-0.2, -0.15) is 0 Å². The van der Waals surface area contributed by atoms with Gasteiger partial charge in [0, 0.05) is 12.0 Å². The Labute approximate surface area is 127 Å². The summed E-state index contributed by atoms with van der Waals surface area (Å²) in [5.74, 6) is 1.52. The number of nitrogens with one attached hydrogen (secondary N) is 1. The van der Waals surface area contributed by atoms with Crippen LogP contribution in [0.5, 0.6) is 5.75 Å². The lowest BCUT2D eigenvalue weighted by Crippen LogP contribution is -2.30. The zero-order valence-electron chi connectivity index (χ0n) is 12.8. The van der Waals surface area contributed by atoms with E-state index in [4.69, 9.17) is 4.74 Å². The largest absolute Gasteiger partial charge is 0.493 e. The van der Waals surface area contributed by atoms with Crippen LogP contribution in [0.1, 0.15) is 42.0 Å². The predicted molar refractivity (Wildman–Crippen MR) is 86.9 cm³/mol. The molecule has 0 fully saturated rings. The van der Waals surface area contributed by atoms with Crippen molar-refractivity contribution in [2.75, 3.05) is 13.2 Å². The van der Waals surface area contributed by atoms with Gasteiger partial charge in [-0.05, 0) is 42.6 Å². The van der Waals surface area contributed by atoms with Gasteiger partial charge >= 0.3 is 0 Å². The second-order valence-corrected chi connectivity index (χ2v) is 5.67. The minimum absolute atomic E-state index is 0.348. The van der Waals surface area contributed by atoms with Crippen LogP contribution in [0.3, 0.4) is 0 Å². The first kappa shape index (κ1) is 14.2. The molecule has 2 aromatic carbocycles. The Morgan fingerprint density at radius 1 is 1.14 bits per heavy atom. The molecule has 2 aromatic rings. The van der Waals surface area contributed by atoms with E-state index in [9.17, 15) is 0 Å². The Morgan fingerprint density at radius 3 is 2.71 bits per heavy atom. The first-order valence-electron chi connectivity index (χ1n) is 7.82. The Hall–Kier alpha value is -1.80. The van der Waals surface area contributed by atoms with E-state index >= 15 is 0 Å². The van der Waals surface area contributed by atoms with Gasteiger partial charge in [0.1, 0.15) is 5.75 Å². The lowest BCUT2D eigenvalue weighted by Gasteiger charge is -2.34. The SMILES string of the molecule is CCNC(c1ccccc1C)C1CCOc2ccccc21. The molecule has 0 spiro atoms. The maximum Gasteiger partial charge on any atom is 0.122 e. The molecule has 0 amide bonds. The summed E-state index contributed by atoms with van der Waals surface area (Å²) in [5, 5.41) is 3.69. The Kier molecular flexibility index (Phi) is 4.26. The molecule has 2 heteroatoms. The standard InChI is InChI=1S/C19H23NO/c1-3-20-19(15-9-5-4-8-14(15)2)17-12-13-21-18-11-7-6-10-16(17)18/h4-11,17,19-20H,3,12-13H2,1-2H3. The van der Waals surface area contributed by atoms with E-state index in [2.05, 4.69) is 67.7 Å². The van der Waals surface area contributed by atoms with Gasteiger partial charge in [0.05, 0.1) is 6.61 Å². The van der Waals surface area contributed by atoms with E-state index in [1.807, 2.05) is 0 Å². The van der Waals surface area contributed by atoms with Crippen LogP contribution in [0.15, 0.2) is 48.5 Å². The fraction of sp³-hybridized carbons (Fsp3) is 0.368. The van der Waals surface area contributed by atoms with Crippen molar-refractivity contribution in [1.82, 2.24) is 5.32 Å². The van der Waals surface area contributed by atoms with E-state index in [-0.39, 0.29) is 0 Å². The summed E-state index contributed by atoms with van der Waals surface area (Å²) in [4.78, 5) is 0. The summed E-state index contributed by atoms with van der Waals surface area (Å²) in [5.41, 5.74) is 4.09. The monoisotopic (exact) mass is 281 g/mol. The fourth-order valence-corrected chi connectivity index (χ4v) is 3.34. The summed E-state index contributed by atoms with van der Waals surface area (Å²) < 4.78 is 5.82. The second kappa shape index (κ2) is 6.31.